The van der Waals surface area contributed by atoms with Gasteiger partial charge in [0, 0.05) is 38.0 Å². The van der Waals surface area contributed by atoms with Crippen LogP contribution in [0.5, 0.6) is 0 Å². The predicted molar refractivity (Wildman–Crippen MR) is 83.2 cm³/mol. The van der Waals surface area contributed by atoms with Gasteiger partial charge in [-0.25, -0.2) is 9.97 Å². The molecule has 0 atom stereocenters. The summed E-state index contributed by atoms with van der Waals surface area (Å²) >= 11 is 3.41. The molecular formula is C14H17BrN4. The largest absolute Gasteiger partial charge is 0.378 e. The van der Waals surface area contributed by atoms with E-state index in [0.29, 0.717) is 0 Å². The lowest BCUT2D eigenvalue weighted by molar-refractivity contribution is 0.931. The maximum Gasteiger partial charge on any atom is 0.135 e. The third-order valence-electron chi connectivity index (χ3n) is 2.69. The number of anilines is 3. The van der Waals surface area contributed by atoms with Crippen molar-refractivity contribution in [3.63, 3.8) is 0 Å². The second kappa shape index (κ2) is 6.02. The zero-order valence-electron chi connectivity index (χ0n) is 11.3. The summed E-state index contributed by atoms with van der Waals surface area (Å²) in [5.74, 6) is 1.62. The van der Waals surface area contributed by atoms with Gasteiger partial charge in [-0.05, 0) is 34.1 Å². The van der Waals surface area contributed by atoms with Crippen molar-refractivity contribution in [1.29, 1.82) is 0 Å². The lowest BCUT2D eigenvalue weighted by atomic mass is 10.2. The van der Waals surface area contributed by atoms with Crippen molar-refractivity contribution >= 4 is 33.1 Å². The van der Waals surface area contributed by atoms with Crippen LogP contribution in [0.1, 0.15) is 12.7 Å². The van der Waals surface area contributed by atoms with E-state index in [2.05, 4.69) is 48.2 Å². The first-order valence-electron chi connectivity index (χ1n) is 6.16. The molecule has 2 rings (SSSR count). The molecule has 0 unspecified atom stereocenters. The highest BCUT2D eigenvalue weighted by Crippen LogP contribution is 2.22. The Hall–Kier alpha value is -1.62. The van der Waals surface area contributed by atoms with Crippen LogP contribution in [-0.4, -0.2) is 24.1 Å². The molecule has 2 aromatic rings. The Labute approximate surface area is 122 Å². The quantitative estimate of drug-likeness (QED) is 0.874. The molecule has 0 aliphatic rings. The number of nitrogens with one attached hydrogen (secondary N) is 1. The molecule has 1 N–H and O–H groups in total. The summed E-state index contributed by atoms with van der Waals surface area (Å²) in [6.07, 6.45) is 0.811. The first-order chi connectivity index (χ1) is 9.08. The van der Waals surface area contributed by atoms with Gasteiger partial charge in [0.05, 0.1) is 0 Å². The highest BCUT2D eigenvalue weighted by atomic mass is 79.9. The molecule has 4 nitrogen and oxygen atoms in total. The molecule has 100 valence electrons. The van der Waals surface area contributed by atoms with Gasteiger partial charge in [0.2, 0.25) is 0 Å². The molecule has 0 amide bonds. The fourth-order valence-electron chi connectivity index (χ4n) is 1.70. The van der Waals surface area contributed by atoms with Crippen LogP contribution in [0.3, 0.4) is 0 Å². The van der Waals surface area contributed by atoms with Crippen LogP contribution in [0.4, 0.5) is 17.2 Å². The average Bonchev–Trinajstić information content (AvgIpc) is 2.38. The lowest BCUT2D eigenvalue weighted by Crippen LogP contribution is -2.08. The van der Waals surface area contributed by atoms with E-state index < -0.39 is 0 Å². The van der Waals surface area contributed by atoms with E-state index in [1.54, 1.807) is 0 Å². The molecule has 1 aromatic heterocycles. The number of aromatic nitrogens is 2. The number of hydrogen-bond donors (Lipinski definition) is 1. The Morgan fingerprint density at radius 2 is 2.00 bits per heavy atom. The number of aryl methyl sites for hydroxylation is 1. The van der Waals surface area contributed by atoms with Crippen LogP contribution >= 0.6 is 15.9 Å². The Balaban J connectivity index is 2.25. The summed E-state index contributed by atoms with van der Waals surface area (Å²) in [4.78, 5) is 10.8. The molecule has 1 aromatic carbocycles. The summed E-state index contributed by atoms with van der Waals surface area (Å²) in [6, 6.07) is 10.1. The van der Waals surface area contributed by atoms with Crippen LogP contribution < -0.4 is 10.2 Å². The first-order valence-corrected chi connectivity index (χ1v) is 6.95. The van der Waals surface area contributed by atoms with E-state index in [-0.39, 0.29) is 0 Å². The Morgan fingerprint density at radius 1 is 1.21 bits per heavy atom. The van der Waals surface area contributed by atoms with E-state index >= 15 is 0 Å². The molecule has 0 aliphatic carbocycles. The molecule has 0 spiro atoms. The molecule has 19 heavy (non-hydrogen) atoms. The number of nitrogens with zero attached hydrogens (tertiary/aromatic N) is 3. The van der Waals surface area contributed by atoms with Gasteiger partial charge in [-0.1, -0.05) is 13.0 Å². The van der Waals surface area contributed by atoms with Crippen molar-refractivity contribution in [3.05, 3.63) is 40.8 Å². The van der Waals surface area contributed by atoms with Crippen LogP contribution in [0, 0.1) is 0 Å². The van der Waals surface area contributed by atoms with Crippen molar-refractivity contribution in [2.24, 2.45) is 0 Å². The van der Waals surface area contributed by atoms with Crippen LogP contribution in [-0.2, 0) is 6.42 Å². The zero-order chi connectivity index (χ0) is 13.8. The van der Waals surface area contributed by atoms with Crippen LogP contribution in [0.15, 0.2) is 34.9 Å². The molecule has 0 saturated heterocycles. The van der Waals surface area contributed by atoms with E-state index in [1.165, 1.54) is 0 Å². The van der Waals surface area contributed by atoms with Gasteiger partial charge in [-0.2, -0.15) is 0 Å². The van der Waals surface area contributed by atoms with Crippen molar-refractivity contribution in [1.82, 2.24) is 9.97 Å². The lowest BCUT2D eigenvalue weighted by Gasteiger charge is -2.14. The second-order valence-electron chi connectivity index (χ2n) is 4.42. The number of halogens is 1. The average molecular weight is 321 g/mol. The smallest absolute Gasteiger partial charge is 0.135 e. The molecule has 0 fully saturated rings. The first kappa shape index (κ1) is 13.8. The van der Waals surface area contributed by atoms with E-state index in [1.807, 2.05) is 39.2 Å². The van der Waals surface area contributed by atoms with Gasteiger partial charge < -0.3 is 10.2 Å². The molecule has 0 bridgehead atoms. The maximum atomic E-state index is 4.46. The van der Waals surface area contributed by atoms with E-state index in [9.17, 15) is 0 Å². The molecular weight excluding hydrogens is 304 g/mol. The fourth-order valence-corrected chi connectivity index (χ4v) is 2.12. The van der Waals surface area contributed by atoms with Crippen molar-refractivity contribution in [3.8, 4) is 0 Å². The molecule has 0 aliphatic heterocycles. The molecule has 5 heteroatoms. The van der Waals surface area contributed by atoms with Gasteiger partial charge in [-0.3, -0.25) is 0 Å². The maximum absolute atomic E-state index is 4.46. The zero-order valence-corrected chi connectivity index (χ0v) is 12.9. The van der Waals surface area contributed by atoms with Crippen molar-refractivity contribution in [2.75, 3.05) is 24.3 Å². The third kappa shape index (κ3) is 3.67. The Kier molecular flexibility index (Phi) is 4.37. The fraction of sp³-hybridized carbons (Fsp3) is 0.286. The Morgan fingerprint density at radius 3 is 2.68 bits per heavy atom. The van der Waals surface area contributed by atoms with E-state index in [4.69, 9.17) is 0 Å². The highest BCUT2D eigenvalue weighted by Gasteiger charge is 2.03. The number of rotatable bonds is 4. The van der Waals surface area contributed by atoms with Gasteiger partial charge in [0.15, 0.2) is 0 Å². The second-order valence-corrected chi connectivity index (χ2v) is 5.23. The van der Waals surface area contributed by atoms with Crippen molar-refractivity contribution in [2.45, 2.75) is 13.3 Å². The minimum absolute atomic E-state index is 0.797. The third-order valence-corrected chi connectivity index (χ3v) is 3.10. The van der Waals surface area contributed by atoms with Crippen LogP contribution in [0.25, 0.3) is 0 Å². The van der Waals surface area contributed by atoms with Crippen molar-refractivity contribution < 1.29 is 0 Å². The summed E-state index contributed by atoms with van der Waals surface area (Å²) in [5, 5.41) is 3.31. The van der Waals surface area contributed by atoms with E-state index in [0.717, 1.165) is 34.0 Å². The summed E-state index contributed by atoms with van der Waals surface area (Å²) in [5.41, 5.74) is 2.16. The minimum Gasteiger partial charge on any atom is -0.378 e. The topological polar surface area (TPSA) is 41.1 Å². The predicted octanol–water partition coefficient (Wildman–Crippen LogP) is 3.61. The van der Waals surface area contributed by atoms with Gasteiger partial charge in [0.25, 0.3) is 0 Å². The van der Waals surface area contributed by atoms with Crippen LogP contribution in [0.2, 0.25) is 0 Å². The van der Waals surface area contributed by atoms with Gasteiger partial charge >= 0.3 is 0 Å². The minimum atomic E-state index is 0.797. The number of hydrogen-bond acceptors (Lipinski definition) is 4. The Bertz CT molecular complexity index is 569. The summed E-state index contributed by atoms with van der Waals surface area (Å²) < 4.78 is 0.797. The molecule has 0 saturated carbocycles. The summed E-state index contributed by atoms with van der Waals surface area (Å²) in [7, 11) is 4.05. The normalized spacial score (nSPS) is 10.3. The number of benzene rings is 1. The SMILES string of the molecule is CCc1nc(Br)cc(Nc2cccc(N(C)C)c2)n1. The standard InChI is InChI=1S/C14H17BrN4/c1-4-13-17-12(15)9-14(18-13)16-10-6-5-7-11(8-10)19(2)3/h5-9H,4H2,1-3H3,(H,16,17,18). The van der Waals surface area contributed by atoms with Gasteiger partial charge in [0.1, 0.15) is 16.2 Å². The van der Waals surface area contributed by atoms with Gasteiger partial charge in [-0.15, -0.1) is 0 Å². The molecule has 1 heterocycles. The highest BCUT2D eigenvalue weighted by molar-refractivity contribution is 9.10. The monoisotopic (exact) mass is 320 g/mol. The summed E-state index contributed by atoms with van der Waals surface area (Å²) in [6.45, 7) is 2.04. The molecule has 0 radical (unpaired) electrons.